The molecule has 0 unspecified atom stereocenters. The summed E-state index contributed by atoms with van der Waals surface area (Å²) in [7, 11) is 0. The maximum absolute atomic E-state index is 13.8. The fraction of sp³-hybridized carbons (Fsp3) is 0.423. The van der Waals surface area contributed by atoms with E-state index in [0.29, 0.717) is 6.54 Å². The minimum absolute atomic E-state index is 0.0209. The molecule has 0 bridgehead atoms. The second kappa shape index (κ2) is 9.25. The number of benzene rings is 2. The number of hydrogen-bond acceptors (Lipinski definition) is 4. The number of likely N-dealkylation sites (tertiary alicyclic amines) is 2. The third-order valence-corrected chi connectivity index (χ3v) is 6.86. The number of imide groups is 1. The van der Waals surface area contributed by atoms with E-state index in [0.717, 1.165) is 36.0 Å². The van der Waals surface area contributed by atoms with Gasteiger partial charge in [0.2, 0.25) is 17.7 Å². The number of aryl methyl sites for hydroxylation is 1. The fourth-order valence-corrected chi connectivity index (χ4v) is 5.16. The Morgan fingerprint density at radius 3 is 2.50 bits per heavy atom. The zero-order chi connectivity index (χ0) is 22.7. The molecule has 0 spiro atoms. The fourth-order valence-electron chi connectivity index (χ4n) is 5.16. The summed E-state index contributed by atoms with van der Waals surface area (Å²) in [6.45, 7) is 2.60. The van der Waals surface area contributed by atoms with Gasteiger partial charge in [-0.1, -0.05) is 54.6 Å². The lowest BCUT2D eigenvalue weighted by Crippen LogP contribution is -2.49. The van der Waals surface area contributed by atoms with Gasteiger partial charge in [0.15, 0.2) is 0 Å². The molecule has 6 nitrogen and oxygen atoms in total. The van der Waals surface area contributed by atoms with Gasteiger partial charge in [0.05, 0.1) is 24.6 Å². The number of carbonyl (C=O) groups is 3. The van der Waals surface area contributed by atoms with Crippen LogP contribution in [0.5, 0.6) is 0 Å². The van der Waals surface area contributed by atoms with Gasteiger partial charge >= 0.3 is 0 Å². The van der Waals surface area contributed by atoms with Crippen molar-refractivity contribution < 1.29 is 19.5 Å². The van der Waals surface area contributed by atoms with Gasteiger partial charge in [-0.25, -0.2) is 0 Å². The smallest absolute Gasteiger partial charge is 0.241 e. The summed E-state index contributed by atoms with van der Waals surface area (Å²) in [4.78, 5) is 43.4. The summed E-state index contributed by atoms with van der Waals surface area (Å²) in [6, 6.07) is 16.7. The van der Waals surface area contributed by atoms with Crippen LogP contribution in [0.1, 0.15) is 48.8 Å². The summed E-state index contributed by atoms with van der Waals surface area (Å²) in [5, 5.41) is 9.77. The SMILES string of the molecule is Cc1ccccc1[C@@]1(CC(=O)N2CCCC[C@H]2CO)CC(=O)N(Cc2ccccc2)C1=O. The molecule has 168 valence electrons. The molecule has 2 saturated heterocycles. The van der Waals surface area contributed by atoms with Crippen LogP contribution < -0.4 is 0 Å². The van der Waals surface area contributed by atoms with E-state index in [1.54, 1.807) is 4.90 Å². The van der Waals surface area contributed by atoms with Gasteiger partial charge in [-0.05, 0) is 42.9 Å². The highest BCUT2D eigenvalue weighted by atomic mass is 16.3. The Bertz CT molecular complexity index is 1010. The second-order valence-corrected chi connectivity index (χ2v) is 8.94. The Balaban J connectivity index is 1.69. The normalized spacial score (nSPS) is 23.6. The monoisotopic (exact) mass is 434 g/mol. The average molecular weight is 435 g/mol. The van der Waals surface area contributed by atoms with Crippen molar-refractivity contribution in [1.82, 2.24) is 9.80 Å². The van der Waals surface area contributed by atoms with Crippen molar-refractivity contribution in [2.45, 2.75) is 57.0 Å². The minimum atomic E-state index is -1.22. The molecule has 0 radical (unpaired) electrons. The van der Waals surface area contributed by atoms with E-state index in [-0.39, 0.29) is 49.8 Å². The summed E-state index contributed by atoms with van der Waals surface area (Å²) in [6.07, 6.45) is 2.52. The lowest BCUT2D eigenvalue weighted by Gasteiger charge is -2.37. The van der Waals surface area contributed by atoms with Gasteiger partial charge in [0, 0.05) is 19.4 Å². The summed E-state index contributed by atoms with van der Waals surface area (Å²) in [5.74, 6) is -0.742. The second-order valence-electron chi connectivity index (χ2n) is 8.94. The van der Waals surface area contributed by atoms with E-state index in [2.05, 4.69) is 0 Å². The van der Waals surface area contributed by atoms with Crippen LogP contribution in [-0.2, 0) is 26.3 Å². The van der Waals surface area contributed by atoms with E-state index < -0.39 is 5.41 Å². The first-order valence-corrected chi connectivity index (χ1v) is 11.3. The Morgan fingerprint density at radius 1 is 1.06 bits per heavy atom. The minimum Gasteiger partial charge on any atom is -0.394 e. The van der Waals surface area contributed by atoms with E-state index in [1.165, 1.54) is 4.90 Å². The summed E-state index contributed by atoms with van der Waals surface area (Å²) < 4.78 is 0. The average Bonchev–Trinajstić information content (AvgIpc) is 3.04. The van der Waals surface area contributed by atoms with Crippen LogP contribution in [0.3, 0.4) is 0 Å². The summed E-state index contributed by atoms with van der Waals surface area (Å²) >= 11 is 0. The van der Waals surface area contributed by atoms with Crippen molar-refractivity contribution in [2.24, 2.45) is 0 Å². The molecule has 2 atom stereocenters. The molecular formula is C26H30N2O4. The van der Waals surface area contributed by atoms with Crippen LogP contribution in [0.15, 0.2) is 54.6 Å². The number of carbonyl (C=O) groups excluding carboxylic acids is 3. The first-order chi connectivity index (χ1) is 15.5. The number of nitrogens with zero attached hydrogens (tertiary/aromatic N) is 2. The molecule has 2 aromatic carbocycles. The van der Waals surface area contributed by atoms with Gasteiger partial charge in [-0.15, -0.1) is 0 Å². The zero-order valence-electron chi connectivity index (χ0n) is 18.5. The Hall–Kier alpha value is -2.99. The zero-order valence-corrected chi connectivity index (χ0v) is 18.5. The van der Waals surface area contributed by atoms with E-state index in [9.17, 15) is 19.5 Å². The number of aliphatic hydroxyl groups excluding tert-OH is 1. The maximum Gasteiger partial charge on any atom is 0.241 e. The molecule has 2 aliphatic rings. The van der Waals surface area contributed by atoms with E-state index in [1.807, 2.05) is 61.5 Å². The van der Waals surface area contributed by atoms with Crippen LogP contribution in [0, 0.1) is 6.92 Å². The highest BCUT2D eigenvalue weighted by Gasteiger charge is 2.54. The Kier molecular flexibility index (Phi) is 6.42. The largest absolute Gasteiger partial charge is 0.394 e. The molecule has 6 heteroatoms. The Morgan fingerprint density at radius 2 is 1.78 bits per heavy atom. The first-order valence-electron chi connectivity index (χ1n) is 11.3. The molecule has 2 fully saturated rings. The van der Waals surface area contributed by atoms with E-state index >= 15 is 0 Å². The molecule has 2 aromatic rings. The quantitative estimate of drug-likeness (QED) is 0.709. The molecule has 2 aliphatic heterocycles. The molecule has 0 saturated carbocycles. The molecule has 4 rings (SSSR count). The van der Waals surface area contributed by atoms with Crippen LogP contribution in [0.2, 0.25) is 0 Å². The van der Waals surface area contributed by atoms with Crippen molar-refractivity contribution >= 4 is 17.7 Å². The van der Waals surface area contributed by atoms with Crippen LogP contribution in [-0.4, -0.2) is 51.8 Å². The molecule has 32 heavy (non-hydrogen) atoms. The molecule has 0 aliphatic carbocycles. The van der Waals surface area contributed by atoms with Crippen molar-refractivity contribution in [1.29, 1.82) is 0 Å². The highest BCUT2D eigenvalue weighted by Crippen LogP contribution is 2.42. The molecule has 2 heterocycles. The van der Waals surface area contributed by atoms with Crippen molar-refractivity contribution in [3.05, 3.63) is 71.3 Å². The standard InChI is InChI=1S/C26H30N2O4/c1-19-9-5-6-13-22(19)26(15-23(30)27-14-8-7-12-21(27)18-29)16-24(31)28(25(26)32)17-20-10-3-2-4-11-20/h2-6,9-11,13,21,29H,7-8,12,14-18H2,1H3/t21-,26+/m0/s1. The van der Waals surface area contributed by atoms with Gasteiger partial charge in [-0.3, -0.25) is 19.3 Å². The number of hydrogen-bond donors (Lipinski definition) is 1. The van der Waals surface area contributed by atoms with Gasteiger partial charge in [-0.2, -0.15) is 0 Å². The third kappa shape index (κ3) is 4.07. The maximum atomic E-state index is 13.8. The molecule has 3 amide bonds. The number of rotatable bonds is 6. The predicted molar refractivity (Wildman–Crippen MR) is 121 cm³/mol. The van der Waals surface area contributed by atoms with Crippen molar-refractivity contribution in [2.75, 3.05) is 13.2 Å². The predicted octanol–water partition coefficient (Wildman–Crippen LogP) is 2.96. The van der Waals surface area contributed by atoms with Crippen LogP contribution in [0.25, 0.3) is 0 Å². The van der Waals surface area contributed by atoms with Gasteiger partial charge in [0.25, 0.3) is 0 Å². The van der Waals surface area contributed by atoms with Gasteiger partial charge in [0.1, 0.15) is 0 Å². The van der Waals surface area contributed by atoms with Crippen LogP contribution >= 0.6 is 0 Å². The summed E-state index contributed by atoms with van der Waals surface area (Å²) in [5.41, 5.74) is 1.28. The number of amides is 3. The van der Waals surface area contributed by atoms with E-state index in [4.69, 9.17) is 0 Å². The lowest BCUT2D eigenvalue weighted by atomic mass is 9.73. The molecular weight excluding hydrogens is 404 g/mol. The Labute approximate surface area is 188 Å². The van der Waals surface area contributed by atoms with Gasteiger partial charge < -0.3 is 10.0 Å². The molecule has 1 N–H and O–H groups in total. The van der Waals surface area contributed by atoms with Crippen molar-refractivity contribution in [3.8, 4) is 0 Å². The third-order valence-electron chi connectivity index (χ3n) is 6.86. The topological polar surface area (TPSA) is 77.9 Å². The van der Waals surface area contributed by atoms with Crippen LogP contribution in [0.4, 0.5) is 0 Å². The number of piperidine rings is 1. The first kappa shape index (κ1) is 22.2. The highest BCUT2D eigenvalue weighted by molar-refractivity contribution is 6.10. The van der Waals surface area contributed by atoms with Crippen molar-refractivity contribution in [3.63, 3.8) is 0 Å². The molecule has 0 aromatic heterocycles. The lowest BCUT2D eigenvalue weighted by molar-refractivity contribution is -0.144. The number of aliphatic hydroxyl groups is 1.